The number of hydrogen-bond donors (Lipinski definition) is 2. The van der Waals surface area contributed by atoms with Crippen molar-refractivity contribution in [2.45, 2.75) is 56.5 Å². The van der Waals surface area contributed by atoms with Crippen LogP contribution in [0, 0.1) is 12.7 Å². The molecular weight excluding hydrogens is 357 g/mol. The summed E-state index contributed by atoms with van der Waals surface area (Å²) in [5.41, 5.74) is 0.869. The largest absolute Gasteiger partial charge is 0.347 e. The number of hydrogen-bond acceptors (Lipinski definition) is 3. The molecule has 5 nitrogen and oxygen atoms in total. The molecule has 2 amide bonds. The van der Waals surface area contributed by atoms with Gasteiger partial charge < -0.3 is 10.6 Å². The van der Waals surface area contributed by atoms with E-state index in [4.69, 9.17) is 0 Å². The van der Waals surface area contributed by atoms with Crippen LogP contribution in [0.25, 0.3) is 0 Å². The molecule has 0 radical (unpaired) electrons. The van der Waals surface area contributed by atoms with Gasteiger partial charge in [-0.2, -0.15) is 0 Å². The summed E-state index contributed by atoms with van der Waals surface area (Å²) in [6.45, 7) is 1.86. The molecule has 0 spiro atoms. The van der Waals surface area contributed by atoms with Gasteiger partial charge in [-0.15, -0.1) is 0 Å². The van der Waals surface area contributed by atoms with Gasteiger partial charge in [0, 0.05) is 22.3 Å². The van der Waals surface area contributed by atoms with Gasteiger partial charge in [0.1, 0.15) is 11.5 Å². The van der Waals surface area contributed by atoms with Crippen molar-refractivity contribution in [3.8, 4) is 0 Å². The number of halogens is 1. The maximum Gasteiger partial charge on any atom is 0.270 e. The molecule has 2 N–H and O–H groups in total. The first-order valence-corrected chi connectivity index (χ1v) is 9.73. The van der Waals surface area contributed by atoms with E-state index in [1.807, 2.05) is 19.1 Å². The number of nitrogens with one attached hydrogen (secondary N) is 2. The highest BCUT2D eigenvalue weighted by atomic mass is 19.1. The number of fused-ring (bicyclic) bond motifs is 2. The normalized spacial score (nSPS) is 25.9. The molecule has 0 aliphatic heterocycles. The van der Waals surface area contributed by atoms with Crippen LogP contribution in [0.4, 0.5) is 4.39 Å². The van der Waals surface area contributed by atoms with Crippen molar-refractivity contribution in [1.82, 2.24) is 15.6 Å². The van der Waals surface area contributed by atoms with E-state index in [-0.39, 0.29) is 22.9 Å². The maximum absolute atomic E-state index is 13.5. The zero-order chi connectivity index (χ0) is 19.8. The molecule has 0 saturated heterocycles. The number of amides is 2. The molecule has 2 bridgehead atoms. The molecule has 2 saturated carbocycles. The minimum atomic E-state index is -0.424. The summed E-state index contributed by atoms with van der Waals surface area (Å²) < 4.78 is 13.5. The lowest BCUT2D eigenvalue weighted by Crippen LogP contribution is -2.55. The van der Waals surface area contributed by atoms with Gasteiger partial charge in [-0.1, -0.05) is 12.1 Å². The van der Waals surface area contributed by atoms with Gasteiger partial charge >= 0.3 is 0 Å². The number of carbonyl (C=O) groups excluding carboxylic acids is 2. The van der Waals surface area contributed by atoms with Crippen molar-refractivity contribution < 1.29 is 14.0 Å². The van der Waals surface area contributed by atoms with Crippen LogP contribution in [0.5, 0.6) is 0 Å². The van der Waals surface area contributed by atoms with Crippen LogP contribution >= 0.6 is 0 Å². The van der Waals surface area contributed by atoms with E-state index in [9.17, 15) is 14.0 Å². The molecule has 4 rings (SSSR count). The van der Waals surface area contributed by atoms with Crippen molar-refractivity contribution >= 4 is 11.8 Å². The Balaban J connectivity index is 1.48. The second-order valence-corrected chi connectivity index (χ2v) is 8.17. The van der Waals surface area contributed by atoms with Gasteiger partial charge in [0.25, 0.3) is 11.8 Å². The van der Waals surface area contributed by atoms with E-state index in [1.54, 1.807) is 12.1 Å². The van der Waals surface area contributed by atoms with Crippen LogP contribution in [0.15, 0.2) is 42.5 Å². The Kier molecular flexibility index (Phi) is 4.65. The van der Waals surface area contributed by atoms with Crippen molar-refractivity contribution in [3.63, 3.8) is 0 Å². The highest BCUT2D eigenvalue weighted by Gasteiger charge is 2.52. The number of aromatic nitrogens is 1. The molecule has 1 heterocycles. The first kappa shape index (κ1) is 18.6. The van der Waals surface area contributed by atoms with E-state index in [2.05, 4.69) is 15.6 Å². The van der Waals surface area contributed by atoms with Crippen LogP contribution in [0.3, 0.4) is 0 Å². The third-order valence-electron chi connectivity index (χ3n) is 6.03. The summed E-state index contributed by atoms with van der Waals surface area (Å²) in [5.74, 6) is -0.853. The first-order valence-electron chi connectivity index (χ1n) is 9.73. The fourth-order valence-electron chi connectivity index (χ4n) is 4.75. The molecule has 2 aliphatic rings. The quantitative estimate of drug-likeness (QED) is 0.851. The lowest BCUT2D eigenvalue weighted by atomic mass is 9.78. The highest BCUT2D eigenvalue weighted by molar-refractivity contribution is 5.95. The average molecular weight is 381 g/mol. The summed E-state index contributed by atoms with van der Waals surface area (Å²) in [6.07, 6.45) is 4.99. The topological polar surface area (TPSA) is 71.1 Å². The van der Waals surface area contributed by atoms with E-state index in [0.717, 1.165) is 37.8 Å². The van der Waals surface area contributed by atoms with Crippen molar-refractivity contribution in [1.29, 1.82) is 0 Å². The smallest absolute Gasteiger partial charge is 0.270 e. The van der Waals surface area contributed by atoms with Crippen molar-refractivity contribution in [2.75, 3.05) is 0 Å². The molecule has 1 aromatic heterocycles. The summed E-state index contributed by atoms with van der Waals surface area (Å²) in [6, 6.07) is 11.1. The Morgan fingerprint density at radius 3 is 2.32 bits per heavy atom. The number of carbonyl (C=O) groups is 2. The fourth-order valence-corrected chi connectivity index (χ4v) is 4.75. The van der Waals surface area contributed by atoms with E-state index in [0.29, 0.717) is 17.7 Å². The summed E-state index contributed by atoms with van der Waals surface area (Å²) in [5, 5.41) is 6.34. The summed E-state index contributed by atoms with van der Waals surface area (Å²) in [7, 11) is 0. The van der Waals surface area contributed by atoms with E-state index in [1.165, 1.54) is 18.2 Å². The Hall–Kier alpha value is -2.76. The van der Waals surface area contributed by atoms with Crippen molar-refractivity contribution in [3.05, 3.63) is 65.2 Å². The van der Waals surface area contributed by atoms with E-state index < -0.39 is 5.82 Å². The zero-order valence-corrected chi connectivity index (χ0v) is 15.9. The molecule has 2 aromatic rings. The third kappa shape index (κ3) is 3.63. The molecule has 2 fully saturated rings. The SMILES string of the molecule is Cc1cccc(C(=O)N[C@]23CCC[C@](NC(=O)c4cccc(F)c4)(CC2)C3)n1. The van der Waals surface area contributed by atoms with Gasteiger partial charge in [0.15, 0.2) is 0 Å². The van der Waals surface area contributed by atoms with Gasteiger partial charge in [0.05, 0.1) is 0 Å². The number of aryl methyl sites for hydroxylation is 1. The van der Waals surface area contributed by atoms with Crippen molar-refractivity contribution in [2.24, 2.45) is 0 Å². The molecule has 2 aliphatic carbocycles. The molecule has 28 heavy (non-hydrogen) atoms. The van der Waals surface area contributed by atoms with Gasteiger partial charge in [0.2, 0.25) is 0 Å². The number of rotatable bonds is 4. The Morgan fingerprint density at radius 2 is 1.64 bits per heavy atom. The van der Waals surface area contributed by atoms with Gasteiger partial charge in [-0.25, -0.2) is 9.37 Å². The molecule has 0 unspecified atom stereocenters. The predicted octanol–water partition coefficient (Wildman–Crippen LogP) is 3.53. The van der Waals surface area contributed by atoms with Crippen LogP contribution in [-0.2, 0) is 0 Å². The van der Waals surface area contributed by atoms with Crippen LogP contribution < -0.4 is 10.6 Å². The number of pyridine rings is 1. The number of benzene rings is 1. The van der Waals surface area contributed by atoms with Crippen LogP contribution in [0.2, 0.25) is 0 Å². The molecular formula is C22H24FN3O2. The predicted molar refractivity (Wildman–Crippen MR) is 103 cm³/mol. The third-order valence-corrected chi connectivity index (χ3v) is 6.03. The standard InChI is InChI=1S/C22H24FN3O2/c1-15-5-2-8-18(24-15)20(28)26-22-10-4-9-21(14-22,11-12-22)25-19(27)16-6-3-7-17(23)13-16/h2-3,5-8,13H,4,9-12,14H2,1H3,(H,25,27)(H,26,28)/t21-,22+/m0/s1. The first-order chi connectivity index (χ1) is 13.4. The van der Waals surface area contributed by atoms with E-state index >= 15 is 0 Å². The zero-order valence-electron chi connectivity index (χ0n) is 15.9. The number of nitrogens with zero attached hydrogens (tertiary/aromatic N) is 1. The second-order valence-electron chi connectivity index (χ2n) is 8.17. The molecule has 1 aromatic carbocycles. The van der Waals surface area contributed by atoms with Crippen LogP contribution in [-0.4, -0.2) is 27.9 Å². The molecule has 146 valence electrons. The monoisotopic (exact) mass is 381 g/mol. The second kappa shape index (κ2) is 7.00. The minimum Gasteiger partial charge on any atom is -0.347 e. The lowest BCUT2D eigenvalue weighted by molar-refractivity contribution is 0.0829. The lowest BCUT2D eigenvalue weighted by Gasteiger charge is -2.40. The Bertz CT molecular complexity index is 858. The Morgan fingerprint density at radius 1 is 0.964 bits per heavy atom. The average Bonchev–Trinajstić information content (AvgIpc) is 2.91. The highest BCUT2D eigenvalue weighted by Crippen LogP contribution is 2.48. The fraction of sp³-hybridized carbons (Fsp3) is 0.409. The maximum atomic E-state index is 13.5. The van der Waals surface area contributed by atoms with Crippen LogP contribution in [0.1, 0.15) is 65.1 Å². The van der Waals surface area contributed by atoms with Gasteiger partial charge in [-0.3, -0.25) is 9.59 Å². The minimum absolute atomic E-state index is 0.169. The molecule has 6 heteroatoms. The Labute approximate surface area is 163 Å². The molecule has 2 atom stereocenters. The summed E-state index contributed by atoms with van der Waals surface area (Å²) >= 11 is 0. The summed E-state index contributed by atoms with van der Waals surface area (Å²) in [4.78, 5) is 29.7. The van der Waals surface area contributed by atoms with Gasteiger partial charge in [-0.05, 0) is 75.8 Å².